The van der Waals surface area contributed by atoms with Crippen LogP contribution in [0.25, 0.3) is 11.3 Å². The summed E-state index contributed by atoms with van der Waals surface area (Å²) in [6, 6.07) is 1.73. The van der Waals surface area contributed by atoms with Gasteiger partial charge in [-0.25, -0.2) is 23.7 Å². The number of ether oxygens (including phenoxy) is 2. The van der Waals surface area contributed by atoms with Gasteiger partial charge in [-0.2, -0.15) is 4.98 Å². The first-order valence-electron chi connectivity index (χ1n) is 10.0. The Hall–Kier alpha value is -2.62. The van der Waals surface area contributed by atoms with Crippen molar-refractivity contribution in [2.75, 3.05) is 18.0 Å². The number of aryl methyl sites for hydroxylation is 1. The molecule has 0 unspecified atom stereocenters. The topological polar surface area (TPSA) is 93.5 Å². The fraction of sp³-hybridized carbons (Fsp3) is 0.619. The van der Waals surface area contributed by atoms with Crippen LogP contribution >= 0.6 is 0 Å². The Morgan fingerprint density at radius 2 is 1.71 bits per heavy atom. The molecule has 0 spiro atoms. The van der Waals surface area contributed by atoms with Crippen LogP contribution in [0, 0.1) is 6.92 Å². The molecular formula is C21H29F2N5O3. The minimum absolute atomic E-state index is 0.156. The first-order valence-corrected chi connectivity index (χ1v) is 10.0. The molecule has 1 atom stereocenters. The zero-order chi connectivity index (χ0) is 23.2. The third kappa shape index (κ3) is 5.75. The Kier molecular flexibility index (Phi) is 5.81. The molecule has 1 aliphatic rings. The van der Waals surface area contributed by atoms with Gasteiger partial charge in [-0.05, 0) is 48.5 Å². The minimum atomic E-state index is -3.20. The molecule has 1 N–H and O–H groups in total. The van der Waals surface area contributed by atoms with Crippen LogP contribution in [-0.4, -0.2) is 61.4 Å². The van der Waals surface area contributed by atoms with Gasteiger partial charge in [0.25, 0.3) is 5.92 Å². The van der Waals surface area contributed by atoms with E-state index in [-0.39, 0.29) is 24.3 Å². The molecule has 3 heterocycles. The lowest BCUT2D eigenvalue weighted by atomic mass is 10.1. The third-order valence-corrected chi connectivity index (χ3v) is 4.24. The summed E-state index contributed by atoms with van der Waals surface area (Å²) in [5, 5.41) is 9.65. The van der Waals surface area contributed by atoms with E-state index < -0.39 is 29.8 Å². The summed E-state index contributed by atoms with van der Waals surface area (Å²) in [5.74, 6) is -2.27. The molecule has 0 aromatic carbocycles. The van der Waals surface area contributed by atoms with Crippen molar-refractivity contribution in [3.8, 4) is 23.1 Å². The van der Waals surface area contributed by atoms with Gasteiger partial charge in [0.1, 0.15) is 28.9 Å². The lowest BCUT2D eigenvalue weighted by Crippen LogP contribution is -2.31. The highest BCUT2D eigenvalue weighted by atomic mass is 19.3. The van der Waals surface area contributed by atoms with Crippen LogP contribution in [0.1, 0.15) is 47.4 Å². The van der Waals surface area contributed by atoms with Crippen LogP contribution in [0.5, 0.6) is 11.9 Å². The number of halogens is 2. The van der Waals surface area contributed by atoms with Crippen LogP contribution < -0.4 is 14.4 Å². The van der Waals surface area contributed by atoms with Crippen molar-refractivity contribution < 1.29 is 23.4 Å². The Balaban J connectivity index is 2.04. The summed E-state index contributed by atoms with van der Waals surface area (Å²) in [6.07, 6.45) is -0.211. The van der Waals surface area contributed by atoms with E-state index in [1.54, 1.807) is 13.0 Å². The van der Waals surface area contributed by atoms with Crippen molar-refractivity contribution in [1.82, 2.24) is 19.9 Å². The quantitative estimate of drug-likeness (QED) is 0.778. The minimum Gasteiger partial charge on any atom is -0.471 e. The van der Waals surface area contributed by atoms with Crippen LogP contribution in [0.4, 0.5) is 14.6 Å². The molecule has 0 bridgehead atoms. The zero-order valence-electron chi connectivity index (χ0n) is 18.9. The van der Waals surface area contributed by atoms with Gasteiger partial charge in [0.2, 0.25) is 5.88 Å². The normalized spacial score (nSPS) is 18.9. The molecule has 0 aliphatic carbocycles. The van der Waals surface area contributed by atoms with Gasteiger partial charge in [-0.15, -0.1) is 0 Å². The summed E-state index contributed by atoms with van der Waals surface area (Å²) in [7, 11) is 0. The van der Waals surface area contributed by atoms with Gasteiger partial charge in [-0.3, -0.25) is 0 Å². The summed E-state index contributed by atoms with van der Waals surface area (Å²) in [4.78, 5) is 18.7. The number of rotatable bonds is 4. The maximum Gasteiger partial charge on any atom is 0.320 e. The molecule has 2 aromatic heterocycles. The van der Waals surface area contributed by atoms with Crippen molar-refractivity contribution >= 4 is 5.82 Å². The molecule has 8 nitrogen and oxygen atoms in total. The van der Waals surface area contributed by atoms with E-state index in [9.17, 15) is 13.9 Å². The van der Waals surface area contributed by atoms with Crippen LogP contribution in [-0.2, 0) is 0 Å². The third-order valence-electron chi connectivity index (χ3n) is 4.24. The van der Waals surface area contributed by atoms with E-state index in [4.69, 9.17) is 9.47 Å². The number of aliphatic hydroxyl groups excluding tert-OH is 1. The molecule has 10 heteroatoms. The molecule has 1 saturated heterocycles. The molecule has 170 valence electrons. The van der Waals surface area contributed by atoms with Crippen molar-refractivity contribution in [3.63, 3.8) is 0 Å². The summed E-state index contributed by atoms with van der Waals surface area (Å²) in [6.45, 7) is 12.1. The van der Waals surface area contributed by atoms with E-state index in [1.807, 2.05) is 41.5 Å². The number of anilines is 1. The lowest BCUT2D eigenvalue weighted by Gasteiger charge is -2.24. The molecule has 31 heavy (non-hydrogen) atoms. The Morgan fingerprint density at radius 1 is 1.06 bits per heavy atom. The number of hydrogen-bond donors (Lipinski definition) is 1. The first-order chi connectivity index (χ1) is 14.1. The van der Waals surface area contributed by atoms with E-state index in [0.29, 0.717) is 17.1 Å². The van der Waals surface area contributed by atoms with Gasteiger partial charge in [-0.1, -0.05) is 0 Å². The molecule has 1 fully saturated rings. The van der Waals surface area contributed by atoms with Gasteiger partial charge in [0.15, 0.2) is 0 Å². The van der Waals surface area contributed by atoms with Crippen molar-refractivity contribution in [2.45, 2.75) is 71.7 Å². The summed E-state index contributed by atoms with van der Waals surface area (Å²) >= 11 is 0. The van der Waals surface area contributed by atoms with Gasteiger partial charge in [0.05, 0.1) is 24.3 Å². The fourth-order valence-electron chi connectivity index (χ4n) is 3.01. The Labute approximate surface area is 180 Å². The lowest BCUT2D eigenvalue weighted by molar-refractivity contribution is -0.0712. The molecule has 3 rings (SSSR count). The van der Waals surface area contributed by atoms with Gasteiger partial charge >= 0.3 is 6.01 Å². The predicted molar refractivity (Wildman–Crippen MR) is 112 cm³/mol. The largest absolute Gasteiger partial charge is 0.471 e. The average Bonchev–Trinajstić information content (AvgIpc) is 2.85. The van der Waals surface area contributed by atoms with Crippen molar-refractivity contribution in [3.05, 3.63) is 18.1 Å². The number of nitrogens with zero attached hydrogens (tertiary/aromatic N) is 5. The highest BCUT2D eigenvalue weighted by Gasteiger charge is 2.47. The van der Waals surface area contributed by atoms with Crippen LogP contribution in [0.15, 0.2) is 12.3 Å². The second kappa shape index (κ2) is 7.81. The van der Waals surface area contributed by atoms with E-state index in [1.165, 1.54) is 11.1 Å². The molecule has 0 saturated carbocycles. The molecule has 0 amide bonds. The second-order valence-electron chi connectivity index (χ2n) is 9.62. The Morgan fingerprint density at radius 3 is 2.26 bits per heavy atom. The first kappa shape index (κ1) is 23.1. The smallest absolute Gasteiger partial charge is 0.320 e. The van der Waals surface area contributed by atoms with Gasteiger partial charge in [0, 0.05) is 12.3 Å². The molecule has 2 aromatic rings. The fourth-order valence-corrected chi connectivity index (χ4v) is 3.01. The molecule has 0 radical (unpaired) electrons. The predicted octanol–water partition coefficient (Wildman–Crippen LogP) is 3.41. The van der Waals surface area contributed by atoms with E-state index in [0.717, 1.165) is 0 Å². The number of aromatic nitrogens is 4. The number of alkyl halides is 2. The highest BCUT2D eigenvalue weighted by Crippen LogP contribution is 2.35. The summed E-state index contributed by atoms with van der Waals surface area (Å²) < 4.78 is 39.5. The maximum atomic E-state index is 13.8. The maximum absolute atomic E-state index is 13.8. The zero-order valence-corrected chi connectivity index (χ0v) is 18.9. The highest BCUT2D eigenvalue weighted by molar-refractivity contribution is 5.67. The van der Waals surface area contributed by atoms with Gasteiger partial charge < -0.3 is 19.5 Å². The molecule has 1 aliphatic heterocycles. The SMILES string of the molecule is Cc1nc(-c2cnc(OC(C)(C)C)nc2OC(C)(C)C)cc(N2C[C@H](O)C(F)(F)C2)n1. The van der Waals surface area contributed by atoms with Crippen molar-refractivity contribution in [1.29, 1.82) is 0 Å². The second-order valence-corrected chi connectivity index (χ2v) is 9.62. The number of aliphatic hydroxyl groups is 1. The number of β-amino-alcohol motifs (C(OH)–C–C–N with tert-alkyl or cyclic N) is 1. The standard InChI is InChI=1S/C21H29F2N5O3/c1-12-25-14(8-16(26-12)28-10-15(29)21(22,23)11-28)13-9-24-18(31-20(5,6)7)27-17(13)30-19(2,3)4/h8-9,15,29H,10-11H2,1-7H3/t15-/m0/s1. The van der Waals surface area contributed by atoms with Crippen LogP contribution in [0.2, 0.25) is 0 Å². The Bertz CT molecular complexity index is 957. The number of hydrogen-bond acceptors (Lipinski definition) is 8. The van der Waals surface area contributed by atoms with E-state index in [2.05, 4.69) is 19.9 Å². The van der Waals surface area contributed by atoms with Crippen LogP contribution in [0.3, 0.4) is 0 Å². The van der Waals surface area contributed by atoms with Crippen molar-refractivity contribution in [2.24, 2.45) is 0 Å². The molecular weight excluding hydrogens is 408 g/mol. The van der Waals surface area contributed by atoms with E-state index >= 15 is 0 Å². The summed E-state index contributed by atoms with van der Waals surface area (Å²) in [5.41, 5.74) is -0.155. The monoisotopic (exact) mass is 437 g/mol. The average molecular weight is 437 g/mol.